The number of halogens is 1. The molecule has 0 amide bonds. The van der Waals surface area contributed by atoms with Gasteiger partial charge in [-0.05, 0) is 61.5 Å². The molecule has 4 aliphatic rings. The first-order valence-electron chi connectivity index (χ1n) is 10.1. The van der Waals surface area contributed by atoms with Gasteiger partial charge in [0.15, 0.2) is 18.2 Å². The largest absolute Gasteiger partial charge is 0.446 e. The zero-order chi connectivity index (χ0) is 20.3. The van der Waals surface area contributed by atoms with Gasteiger partial charge in [0.25, 0.3) is 0 Å². The van der Waals surface area contributed by atoms with E-state index in [0.717, 1.165) is 31.3 Å². The van der Waals surface area contributed by atoms with Crippen LogP contribution in [0.1, 0.15) is 46.0 Å². The molecular weight excluding hydrogens is 380 g/mol. The Labute approximate surface area is 170 Å². The van der Waals surface area contributed by atoms with Gasteiger partial charge in [-0.3, -0.25) is 9.59 Å². The van der Waals surface area contributed by atoms with Crippen molar-refractivity contribution >= 4 is 28.6 Å². The Bertz CT molecular complexity index is 786. The highest BCUT2D eigenvalue weighted by atomic mass is 35.5. The fourth-order valence-corrected chi connectivity index (χ4v) is 7.14. The molecule has 7 atom stereocenters. The van der Waals surface area contributed by atoms with E-state index >= 15 is 0 Å². The van der Waals surface area contributed by atoms with Gasteiger partial charge in [-0.1, -0.05) is 25.5 Å². The van der Waals surface area contributed by atoms with Crippen LogP contribution in [0.15, 0.2) is 23.8 Å². The summed E-state index contributed by atoms with van der Waals surface area (Å²) < 4.78 is 4.74. The molecule has 0 aliphatic heterocycles. The first kappa shape index (κ1) is 19.8. The highest BCUT2D eigenvalue weighted by Crippen LogP contribution is 2.66. The van der Waals surface area contributed by atoms with E-state index < -0.39 is 11.5 Å². The van der Waals surface area contributed by atoms with Crippen molar-refractivity contribution in [2.45, 2.75) is 52.1 Å². The molecule has 0 bridgehead atoms. The molecule has 1 N–H and O–H groups in total. The van der Waals surface area contributed by atoms with Gasteiger partial charge in [0, 0.05) is 28.9 Å². The van der Waals surface area contributed by atoms with E-state index in [2.05, 4.69) is 13.8 Å². The standard InChI is InChI=1S/C22H27ClO5/c1-21-8-7-13(24)9-12(21)3-4-14-15-5-6-16(18(26)11-28-20(23)27)22(15,2)10-17(25)19(14)21/h7-9,14-17,19,25H,3-6,10-11H2,1-2H3/t14-,15-,16?,17-,19+,21-,22+/m0/s1. The molecule has 0 heterocycles. The summed E-state index contributed by atoms with van der Waals surface area (Å²) in [6.07, 6.45) is 8.86. The number of aliphatic hydroxyl groups excluding tert-OH is 1. The molecule has 0 saturated heterocycles. The van der Waals surface area contributed by atoms with Crippen LogP contribution in [0, 0.1) is 34.5 Å². The minimum Gasteiger partial charge on any atom is -0.446 e. The molecule has 6 heteroatoms. The number of ether oxygens (including phenoxy) is 1. The highest BCUT2D eigenvalue weighted by molar-refractivity contribution is 6.61. The maximum absolute atomic E-state index is 12.7. The Morgan fingerprint density at radius 1 is 1.29 bits per heavy atom. The summed E-state index contributed by atoms with van der Waals surface area (Å²) in [5.74, 6) is 0.409. The summed E-state index contributed by atoms with van der Waals surface area (Å²) in [5, 5.41) is 11.2. The smallest absolute Gasteiger partial charge is 0.404 e. The molecule has 0 spiro atoms. The quantitative estimate of drug-likeness (QED) is 0.720. The highest BCUT2D eigenvalue weighted by Gasteiger charge is 2.62. The monoisotopic (exact) mass is 406 g/mol. The zero-order valence-electron chi connectivity index (χ0n) is 16.3. The van der Waals surface area contributed by atoms with Crippen LogP contribution in [0.4, 0.5) is 4.79 Å². The van der Waals surface area contributed by atoms with Crippen molar-refractivity contribution in [3.8, 4) is 0 Å². The number of rotatable bonds is 3. The van der Waals surface area contributed by atoms with E-state index in [0.29, 0.717) is 18.3 Å². The second-order valence-corrected chi connectivity index (χ2v) is 9.73. The molecule has 0 aromatic heterocycles. The van der Waals surface area contributed by atoms with Crippen LogP contribution >= 0.6 is 11.6 Å². The van der Waals surface area contributed by atoms with Crippen LogP contribution in [-0.2, 0) is 14.3 Å². The summed E-state index contributed by atoms with van der Waals surface area (Å²) in [6, 6.07) is 0. The van der Waals surface area contributed by atoms with Crippen molar-refractivity contribution in [3.63, 3.8) is 0 Å². The first-order valence-corrected chi connectivity index (χ1v) is 10.5. The normalized spacial score (nSPS) is 44.2. The van der Waals surface area contributed by atoms with E-state index in [9.17, 15) is 19.5 Å². The lowest BCUT2D eigenvalue weighted by atomic mass is 9.46. The third kappa shape index (κ3) is 2.89. The van der Waals surface area contributed by atoms with Gasteiger partial charge in [-0.15, -0.1) is 0 Å². The Morgan fingerprint density at radius 3 is 2.75 bits per heavy atom. The number of carbonyl (C=O) groups excluding carboxylic acids is 3. The van der Waals surface area contributed by atoms with Crippen molar-refractivity contribution in [2.24, 2.45) is 34.5 Å². The Morgan fingerprint density at radius 2 is 2.04 bits per heavy atom. The maximum Gasteiger partial charge on any atom is 0.404 e. The van der Waals surface area contributed by atoms with Gasteiger partial charge < -0.3 is 9.84 Å². The van der Waals surface area contributed by atoms with Crippen LogP contribution < -0.4 is 0 Å². The molecule has 0 aromatic rings. The molecule has 28 heavy (non-hydrogen) atoms. The Kier molecular flexibility index (Phi) is 4.82. The molecule has 3 fully saturated rings. The molecule has 1 unspecified atom stereocenters. The number of hydrogen-bond acceptors (Lipinski definition) is 5. The summed E-state index contributed by atoms with van der Waals surface area (Å²) in [6.45, 7) is 3.96. The third-order valence-corrected chi connectivity index (χ3v) is 8.32. The minimum atomic E-state index is -0.963. The van der Waals surface area contributed by atoms with Crippen LogP contribution in [0.2, 0.25) is 0 Å². The van der Waals surface area contributed by atoms with Crippen LogP contribution in [0.3, 0.4) is 0 Å². The van der Waals surface area contributed by atoms with Gasteiger partial charge in [0.1, 0.15) is 0 Å². The number of fused-ring (bicyclic) bond motifs is 5. The molecular formula is C22H27ClO5. The van der Waals surface area contributed by atoms with Gasteiger partial charge in [0.05, 0.1) is 6.10 Å². The van der Waals surface area contributed by atoms with Gasteiger partial charge in [-0.25, -0.2) is 4.79 Å². The predicted octanol–water partition coefficient (Wildman–Crippen LogP) is 3.83. The van der Waals surface area contributed by atoms with E-state index in [-0.39, 0.29) is 40.8 Å². The van der Waals surface area contributed by atoms with Crippen LogP contribution in [-0.4, -0.2) is 34.8 Å². The average molecular weight is 407 g/mol. The Hall–Kier alpha value is -1.46. The van der Waals surface area contributed by atoms with Crippen molar-refractivity contribution in [1.29, 1.82) is 0 Å². The van der Waals surface area contributed by atoms with E-state index in [4.69, 9.17) is 16.3 Å². The number of carbonyl (C=O) groups is 3. The molecule has 0 radical (unpaired) electrons. The second-order valence-electron chi connectivity index (χ2n) is 9.42. The predicted molar refractivity (Wildman–Crippen MR) is 104 cm³/mol. The second kappa shape index (κ2) is 6.81. The molecule has 4 aliphatic carbocycles. The Balaban J connectivity index is 1.62. The minimum absolute atomic E-state index is 0.0291. The fourth-order valence-electron chi connectivity index (χ4n) is 7.08. The lowest BCUT2D eigenvalue weighted by Crippen LogP contribution is -2.56. The number of allylic oxidation sites excluding steroid dienone is 4. The zero-order valence-corrected chi connectivity index (χ0v) is 17.1. The number of ketones is 2. The topological polar surface area (TPSA) is 80.7 Å². The first-order chi connectivity index (χ1) is 13.2. The van der Waals surface area contributed by atoms with Crippen molar-refractivity contribution in [3.05, 3.63) is 23.8 Å². The van der Waals surface area contributed by atoms with Crippen LogP contribution in [0.25, 0.3) is 0 Å². The average Bonchev–Trinajstić information content (AvgIpc) is 2.96. The molecule has 3 saturated carbocycles. The van der Waals surface area contributed by atoms with Gasteiger partial charge >= 0.3 is 5.43 Å². The SMILES string of the molecule is C[C@]12C=CC(=O)C=C1CC[C@@H]1[C@@H]2[C@@H](O)C[C@@]2(C)C(C(=O)COC(=O)Cl)CC[C@@H]12. The van der Waals surface area contributed by atoms with Crippen LogP contribution in [0.5, 0.6) is 0 Å². The lowest BCUT2D eigenvalue weighted by molar-refractivity contribution is -0.141. The van der Waals surface area contributed by atoms with Gasteiger partial charge in [0.2, 0.25) is 0 Å². The molecule has 5 nitrogen and oxygen atoms in total. The summed E-state index contributed by atoms with van der Waals surface area (Å²) in [5.41, 5.74) is -0.436. The molecule has 0 aromatic carbocycles. The van der Waals surface area contributed by atoms with Crippen molar-refractivity contribution in [1.82, 2.24) is 0 Å². The molecule has 152 valence electrons. The van der Waals surface area contributed by atoms with E-state index in [1.165, 1.54) is 0 Å². The van der Waals surface area contributed by atoms with E-state index in [1.54, 1.807) is 12.2 Å². The summed E-state index contributed by atoms with van der Waals surface area (Å²) in [4.78, 5) is 35.5. The van der Waals surface area contributed by atoms with Crippen molar-refractivity contribution < 1.29 is 24.2 Å². The number of Topliss-reactive ketones (excluding diaryl/α,β-unsaturated/α-hetero) is 1. The van der Waals surface area contributed by atoms with Gasteiger partial charge in [-0.2, -0.15) is 0 Å². The lowest BCUT2D eigenvalue weighted by Gasteiger charge is -2.58. The third-order valence-electron chi connectivity index (χ3n) is 8.21. The number of aliphatic hydroxyl groups is 1. The van der Waals surface area contributed by atoms with E-state index in [1.807, 2.05) is 6.08 Å². The summed E-state index contributed by atoms with van der Waals surface area (Å²) in [7, 11) is 0. The number of hydrogen-bond donors (Lipinski definition) is 1. The summed E-state index contributed by atoms with van der Waals surface area (Å²) >= 11 is 5.22. The molecule has 4 rings (SSSR count). The fraction of sp³-hybridized carbons (Fsp3) is 0.682. The van der Waals surface area contributed by atoms with Crippen molar-refractivity contribution in [2.75, 3.05) is 6.61 Å². The maximum atomic E-state index is 12.7.